The second-order valence-electron chi connectivity index (χ2n) is 5.53. The minimum absolute atomic E-state index is 0.305. The second-order valence-corrected chi connectivity index (χ2v) is 5.53. The molecule has 1 fully saturated rings. The maximum atomic E-state index is 9.22. The van der Waals surface area contributed by atoms with Crippen LogP contribution in [0.5, 0.6) is 0 Å². The molecular formula is C14H23N3O. The predicted molar refractivity (Wildman–Crippen MR) is 71.2 cm³/mol. The third-order valence-electron chi connectivity index (χ3n) is 3.51. The molecular weight excluding hydrogens is 226 g/mol. The van der Waals surface area contributed by atoms with Gasteiger partial charge in [0.05, 0.1) is 0 Å². The van der Waals surface area contributed by atoms with Gasteiger partial charge in [-0.3, -0.25) is 4.90 Å². The Balaban J connectivity index is 1.92. The van der Waals surface area contributed by atoms with Crippen molar-refractivity contribution in [1.82, 2.24) is 14.9 Å². The Labute approximate surface area is 109 Å². The molecule has 0 amide bonds. The zero-order chi connectivity index (χ0) is 13.0. The normalized spacial score (nSPS) is 21.4. The van der Waals surface area contributed by atoms with E-state index in [4.69, 9.17) is 0 Å². The fraction of sp³-hybridized carbons (Fsp3) is 0.714. The van der Waals surface area contributed by atoms with E-state index in [1.165, 1.54) is 6.42 Å². The maximum absolute atomic E-state index is 9.22. The molecule has 18 heavy (non-hydrogen) atoms. The molecule has 1 aromatic heterocycles. The van der Waals surface area contributed by atoms with E-state index in [1.54, 1.807) is 0 Å². The lowest BCUT2D eigenvalue weighted by molar-refractivity contribution is 0.115. The molecule has 0 aromatic carbocycles. The van der Waals surface area contributed by atoms with Crippen LogP contribution in [0.1, 0.15) is 44.0 Å². The van der Waals surface area contributed by atoms with E-state index in [1.807, 2.05) is 12.4 Å². The van der Waals surface area contributed by atoms with Gasteiger partial charge in [-0.05, 0) is 25.3 Å². The molecule has 1 aromatic rings. The standard InChI is InChI=1S/C14H23N3O/c1-11(2)14-15-6-13(7-16-14)9-17-5-3-4-12(8-17)10-18/h6-7,11-12,18H,3-5,8-10H2,1-2H3. The fourth-order valence-electron chi connectivity index (χ4n) is 2.45. The number of hydrogen-bond acceptors (Lipinski definition) is 4. The van der Waals surface area contributed by atoms with Crippen molar-refractivity contribution in [3.05, 3.63) is 23.8 Å². The molecule has 1 unspecified atom stereocenters. The summed E-state index contributed by atoms with van der Waals surface area (Å²) in [6, 6.07) is 0. The zero-order valence-electron chi connectivity index (χ0n) is 11.3. The molecule has 1 aliphatic heterocycles. The monoisotopic (exact) mass is 249 g/mol. The molecule has 0 aliphatic carbocycles. The first-order chi connectivity index (χ1) is 8.69. The van der Waals surface area contributed by atoms with Gasteiger partial charge in [0, 0.05) is 43.6 Å². The van der Waals surface area contributed by atoms with E-state index in [0.717, 1.165) is 37.4 Å². The summed E-state index contributed by atoms with van der Waals surface area (Å²) in [4.78, 5) is 11.2. The SMILES string of the molecule is CC(C)c1ncc(CN2CCCC(CO)C2)cn1. The van der Waals surface area contributed by atoms with Crippen molar-refractivity contribution in [2.45, 2.75) is 39.2 Å². The quantitative estimate of drug-likeness (QED) is 0.884. The van der Waals surface area contributed by atoms with Crippen LogP contribution in [0.2, 0.25) is 0 Å². The van der Waals surface area contributed by atoms with Crippen molar-refractivity contribution >= 4 is 0 Å². The molecule has 0 radical (unpaired) electrons. The average molecular weight is 249 g/mol. The Morgan fingerprint density at radius 2 is 2.11 bits per heavy atom. The summed E-state index contributed by atoms with van der Waals surface area (Å²) >= 11 is 0. The lowest BCUT2D eigenvalue weighted by Crippen LogP contribution is -2.36. The Morgan fingerprint density at radius 1 is 1.39 bits per heavy atom. The van der Waals surface area contributed by atoms with Crippen LogP contribution in [-0.4, -0.2) is 39.7 Å². The first kappa shape index (κ1) is 13.4. The summed E-state index contributed by atoms with van der Waals surface area (Å²) in [6.45, 7) is 7.51. The molecule has 1 aliphatic rings. The van der Waals surface area contributed by atoms with Gasteiger partial charge in [-0.25, -0.2) is 9.97 Å². The first-order valence-electron chi connectivity index (χ1n) is 6.83. The molecule has 4 nitrogen and oxygen atoms in total. The molecule has 0 saturated carbocycles. The zero-order valence-corrected chi connectivity index (χ0v) is 11.3. The van der Waals surface area contributed by atoms with Crippen molar-refractivity contribution in [3.63, 3.8) is 0 Å². The van der Waals surface area contributed by atoms with Gasteiger partial charge in [-0.15, -0.1) is 0 Å². The third kappa shape index (κ3) is 3.50. The van der Waals surface area contributed by atoms with Gasteiger partial charge in [-0.2, -0.15) is 0 Å². The van der Waals surface area contributed by atoms with E-state index < -0.39 is 0 Å². The van der Waals surface area contributed by atoms with E-state index in [0.29, 0.717) is 18.4 Å². The third-order valence-corrected chi connectivity index (χ3v) is 3.51. The van der Waals surface area contributed by atoms with Gasteiger partial charge in [0.1, 0.15) is 5.82 Å². The molecule has 100 valence electrons. The lowest BCUT2D eigenvalue weighted by Gasteiger charge is -2.31. The van der Waals surface area contributed by atoms with Crippen molar-refractivity contribution in [1.29, 1.82) is 0 Å². The van der Waals surface area contributed by atoms with E-state index in [9.17, 15) is 5.11 Å². The van der Waals surface area contributed by atoms with Crippen molar-refractivity contribution < 1.29 is 5.11 Å². The highest BCUT2D eigenvalue weighted by Crippen LogP contribution is 2.18. The number of aliphatic hydroxyl groups is 1. The Kier molecular flexibility index (Phi) is 4.66. The molecule has 1 atom stereocenters. The van der Waals surface area contributed by atoms with E-state index in [-0.39, 0.29) is 0 Å². The highest BCUT2D eigenvalue weighted by Gasteiger charge is 2.19. The Morgan fingerprint density at radius 3 is 2.72 bits per heavy atom. The van der Waals surface area contributed by atoms with Crippen molar-refractivity contribution in [2.24, 2.45) is 5.92 Å². The number of aromatic nitrogens is 2. The molecule has 4 heteroatoms. The number of aliphatic hydroxyl groups excluding tert-OH is 1. The minimum Gasteiger partial charge on any atom is -0.396 e. The Hall–Kier alpha value is -1.00. The number of hydrogen-bond donors (Lipinski definition) is 1. The van der Waals surface area contributed by atoms with Crippen LogP contribution in [0.25, 0.3) is 0 Å². The summed E-state index contributed by atoms with van der Waals surface area (Å²) in [5.41, 5.74) is 1.16. The van der Waals surface area contributed by atoms with Crippen LogP contribution in [0.4, 0.5) is 0 Å². The topological polar surface area (TPSA) is 49.2 Å². The first-order valence-corrected chi connectivity index (χ1v) is 6.83. The van der Waals surface area contributed by atoms with E-state index in [2.05, 4.69) is 28.7 Å². The van der Waals surface area contributed by atoms with Crippen LogP contribution >= 0.6 is 0 Å². The molecule has 0 bridgehead atoms. The van der Waals surface area contributed by atoms with Gasteiger partial charge < -0.3 is 5.11 Å². The van der Waals surface area contributed by atoms with Crippen molar-refractivity contribution in [2.75, 3.05) is 19.7 Å². The highest BCUT2D eigenvalue weighted by molar-refractivity contribution is 5.06. The summed E-state index contributed by atoms with van der Waals surface area (Å²) in [5, 5.41) is 9.22. The van der Waals surface area contributed by atoms with Crippen LogP contribution < -0.4 is 0 Å². The lowest BCUT2D eigenvalue weighted by atomic mass is 9.99. The van der Waals surface area contributed by atoms with Crippen LogP contribution in [-0.2, 0) is 6.54 Å². The molecule has 1 saturated heterocycles. The van der Waals surface area contributed by atoms with Crippen LogP contribution in [0.15, 0.2) is 12.4 Å². The average Bonchev–Trinajstić information content (AvgIpc) is 2.39. The van der Waals surface area contributed by atoms with E-state index >= 15 is 0 Å². The Bertz CT molecular complexity index is 364. The van der Waals surface area contributed by atoms with Gasteiger partial charge in [0.25, 0.3) is 0 Å². The van der Waals surface area contributed by atoms with Gasteiger partial charge in [0.2, 0.25) is 0 Å². The molecule has 0 spiro atoms. The molecule has 1 N–H and O–H groups in total. The number of likely N-dealkylation sites (tertiary alicyclic amines) is 1. The molecule has 2 rings (SSSR count). The number of piperidine rings is 1. The van der Waals surface area contributed by atoms with Gasteiger partial charge >= 0.3 is 0 Å². The predicted octanol–water partition coefficient (Wildman–Crippen LogP) is 1.80. The fourth-order valence-corrected chi connectivity index (χ4v) is 2.45. The summed E-state index contributed by atoms with van der Waals surface area (Å²) < 4.78 is 0. The number of nitrogens with zero attached hydrogens (tertiary/aromatic N) is 3. The summed E-state index contributed by atoms with van der Waals surface area (Å²) in [7, 11) is 0. The van der Waals surface area contributed by atoms with Crippen LogP contribution in [0, 0.1) is 5.92 Å². The smallest absolute Gasteiger partial charge is 0.130 e. The largest absolute Gasteiger partial charge is 0.396 e. The molecule has 2 heterocycles. The highest BCUT2D eigenvalue weighted by atomic mass is 16.3. The summed E-state index contributed by atoms with van der Waals surface area (Å²) in [6.07, 6.45) is 6.20. The van der Waals surface area contributed by atoms with Gasteiger partial charge in [-0.1, -0.05) is 13.8 Å². The van der Waals surface area contributed by atoms with Crippen LogP contribution in [0.3, 0.4) is 0 Å². The van der Waals surface area contributed by atoms with Crippen molar-refractivity contribution in [3.8, 4) is 0 Å². The maximum Gasteiger partial charge on any atom is 0.130 e. The van der Waals surface area contributed by atoms with Gasteiger partial charge in [0.15, 0.2) is 0 Å². The second kappa shape index (κ2) is 6.25. The summed E-state index contributed by atoms with van der Waals surface area (Å²) in [5.74, 6) is 1.73. The number of rotatable bonds is 4. The minimum atomic E-state index is 0.305.